The Morgan fingerprint density at radius 3 is 2.44 bits per heavy atom. The van der Waals surface area contributed by atoms with E-state index in [4.69, 9.17) is 4.74 Å². The lowest BCUT2D eigenvalue weighted by Crippen LogP contribution is -2.43. The van der Waals surface area contributed by atoms with Gasteiger partial charge in [-0.05, 0) is 43.5 Å². The maximum atomic E-state index is 12.9. The number of H-pyrrole nitrogens is 1. The van der Waals surface area contributed by atoms with Crippen molar-refractivity contribution in [2.24, 2.45) is 0 Å². The highest BCUT2D eigenvalue weighted by Crippen LogP contribution is 2.20. The van der Waals surface area contributed by atoms with Crippen LogP contribution in [0.15, 0.2) is 42.6 Å². The molecule has 2 N–H and O–H groups in total. The summed E-state index contributed by atoms with van der Waals surface area (Å²) in [5.41, 5.74) is 5.44. The number of esters is 1. The van der Waals surface area contributed by atoms with Gasteiger partial charge in [-0.1, -0.05) is 35.9 Å². The van der Waals surface area contributed by atoms with Crippen LogP contribution >= 0.6 is 0 Å². The first-order valence-electron chi connectivity index (χ1n) is 8.92. The van der Waals surface area contributed by atoms with Gasteiger partial charge < -0.3 is 15.0 Å². The number of hydrogen-bond donors (Lipinski definition) is 2. The van der Waals surface area contributed by atoms with Gasteiger partial charge in [-0.15, -0.1) is 0 Å². The van der Waals surface area contributed by atoms with E-state index in [1.165, 1.54) is 7.11 Å². The quantitative estimate of drug-likeness (QED) is 0.680. The molecule has 0 aliphatic carbocycles. The number of aryl methyl sites for hydroxylation is 3. The first-order chi connectivity index (χ1) is 12.9. The summed E-state index contributed by atoms with van der Waals surface area (Å²) in [4.78, 5) is 28.4. The van der Waals surface area contributed by atoms with Gasteiger partial charge >= 0.3 is 5.97 Å². The van der Waals surface area contributed by atoms with Crippen molar-refractivity contribution in [2.45, 2.75) is 33.2 Å². The maximum Gasteiger partial charge on any atom is 0.328 e. The van der Waals surface area contributed by atoms with Crippen LogP contribution in [-0.4, -0.2) is 30.0 Å². The molecule has 3 rings (SSSR count). The predicted molar refractivity (Wildman–Crippen MR) is 106 cm³/mol. The van der Waals surface area contributed by atoms with Gasteiger partial charge in [0.15, 0.2) is 0 Å². The van der Waals surface area contributed by atoms with Crippen LogP contribution in [0.25, 0.3) is 10.9 Å². The molecule has 1 unspecified atom stereocenters. The third-order valence-corrected chi connectivity index (χ3v) is 4.79. The first-order valence-corrected chi connectivity index (χ1v) is 8.92. The number of aromatic amines is 1. The van der Waals surface area contributed by atoms with Crippen molar-refractivity contribution >= 4 is 22.8 Å². The lowest BCUT2D eigenvalue weighted by molar-refractivity contribution is -0.142. The van der Waals surface area contributed by atoms with Crippen LogP contribution in [0.3, 0.4) is 0 Å². The van der Waals surface area contributed by atoms with Crippen molar-refractivity contribution in [1.82, 2.24) is 10.3 Å². The summed E-state index contributed by atoms with van der Waals surface area (Å²) in [6.07, 6.45) is 2.22. The molecule has 1 amide bonds. The van der Waals surface area contributed by atoms with Crippen molar-refractivity contribution in [1.29, 1.82) is 0 Å². The molecule has 140 valence electrons. The standard InChI is InChI=1S/C22H24N2O3/c1-13-9-14(2)20(15(3)10-13)21(25)24-19(22(26)27-4)11-16-12-23-18-8-6-5-7-17(16)18/h5-10,12,19,23H,11H2,1-4H3,(H,24,25). The molecule has 0 saturated heterocycles. The van der Waals surface area contributed by atoms with E-state index in [1.807, 2.05) is 63.4 Å². The predicted octanol–water partition coefficient (Wildman–Crippen LogP) is 3.61. The molecule has 3 aromatic rings. The zero-order chi connectivity index (χ0) is 19.6. The number of nitrogens with one attached hydrogen (secondary N) is 2. The number of hydrogen-bond acceptors (Lipinski definition) is 3. The van der Waals surface area contributed by atoms with E-state index in [2.05, 4.69) is 10.3 Å². The van der Waals surface area contributed by atoms with Gasteiger partial charge in [-0.2, -0.15) is 0 Å². The number of para-hydroxylation sites is 1. The molecule has 0 radical (unpaired) electrons. The average molecular weight is 364 g/mol. The zero-order valence-corrected chi connectivity index (χ0v) is 16.1. The molecule has 1 atom stereocenters. The molecule has 0 bridgehead atoms. The molecular weight excluding hydrogens is 340 g/mol. The highest BCUT2D eigenvalue weighted by Gasteiger charge is 2.25. The lowest BCUT2D eigenvalue weighted by Gasteiger charge is -2.18. The Hall–Kier alpha value is -3.08. The van der Waals surface area contributed by atoms with Crippen molar-refractivity contribution in [3.05, 3.63) is 70.4 Å². The topological polar surface area (TPSA) is 71.2 Å². The Labute approximate surface area is 158 Å². The largest absolute Gasteiger partial charge is 0.467 e. The molecule has 0 fully saturated rings. The number of methoxy groups -OCH3 is 1. The minimum atomic E-state index is -0.762. The van der Waals surface area contributed by atoms with Gasteiger partial charge in [0, 0.05) is 29.1 Å². The van der Waals surface area contributed by atoms with E-state index in [0.29, 0.717) is 12.0 Å². The first kappa shape index (κ1) is 18.7. The molecule has 2 aromatic carbocycles. The summed E-state index contributed by atoms with van der Waals surface area (Å²) >= 11 is 0. The number of fused-ring (bicyclic) bond motifs is 1. The third-order valence-electron chi connectivity index (χ3n) is 4.79. The number of ether oxygens (including phenoxy) is 1. The van der Waals surface area contributed by atoms with Crippen LogP contribution in [0.2, 0.25) is 0 Å². The van der Waals surface area contributed by atoms with E-state index < -0.39 is 12.0 Å². The molecule has 0 aliphatic rings. The number of rotatable bonds is 5. The second-order valence-corrected chi connectivity index (χ2v) is 6.89. The molecule has 0 aliphatic heterocycles. The Morgan fingerprint density at radius 1 is 1.11 bits per heavy atom. The van der Waals surface area contributed by atoms with Gasteiger partial charge in [0.05, 0.1) is 7.11 Å². The smallest absolute Gasteiger partial charge is 0.328 e. The monoisotopic (exact) mass is 364 g/mol. The minimum absolute atomic E-state index is 0.264. The third kappa shape index (κ3) is 3.87. The summed E-state index contributed by atoms with van der Waals surface area (Å²) < 4.78 is 4.93. The van der Waals surface area contributed by atoms with E-state index >= 15 is 0 Å². The van der Waals surface area contributed by atoms with E-state index in [-0.39, 0.29) is 5.91 Å². The fraction of sp³-hybridized carbons (Fsp3) is 0.273. The Kier molecular flexibility index (Phi) is 5.31. The Bertz CT molecular complexity index is 981. The SMILES string of the molecule is COC(=O)C(Cc1c[nH]c2ccccc12)NC(=O)c1c(C)cc(C)cc1C. The number of carbonyl (C=O) groups excluding carboxylic acids is 2. The summed E-state index contributed by atoms with van der Waals surface area (Å²) in [5, 5.41) is 3.89. The molecule has 27 heavy (non-hydrogen) atoms. The molecular formula is C22H24N2O3. The summed E-state index contributed by atoms with van der Waals surface area (Å²) in [5.74, 6) is -0.726. The van der Waals surface area contributed by atoms with Crippen LogP contribution in [0.5, 0.6) is 0 Å². The molecule has 0 saturated carbocycles. The Morgan fingerprint density at radius 2 is 1.78 bits per heavy atom. The minimum Gasteiger partial charge on any atom is -0.467 e. The summed E-state index contributed by atoms with van der Waals surface area (Å²) in [6, 6.07) is 11.0. The summed E-state index contributed by atoms with van der Waals surface area (Å²) in [7, 11) is 1.33. The molecule has 1 heterocycles. The van der Waals surface area contributed by atoms with E-state index in [1.54, 1.807) is 0 Å². The highest BCUT2D eigenvalue weighted by molar-refractivity contribution is 5.99. The van der Waals surface area contributed by atoms with Crippen LogP contribution in [0.4, 0.5) is 0 Å². The van der Waals surface area contributed by atoms with E-state index in [0.717, 1.165) is 33.2 Å². The van der Waals surface area contributed by atoms with Crippen molar-refractivity contribution in [3.63, 3.8) is 0 Å². The molecule has 1 aromatic heterocycles. The van der Waals surface area contributed by atoms with Gasteiger partial charge in [0.25, 0.3) is 5.91 Å². The fourth-order valence-electron chi connectivity index (χ4n) is 3.62. The van der Waals surface area contributed by atoms with Crippen molar-refractivity contribution in [3.8, 4) is 0 Å². The van der Waals surface area contributed by atoms with Crippen molar-refractivity contribution in [2.75, 3.05) is 7.11 Å². The number of amides is 1. The fourth-order valence-corrected chi connectivity index (χ4v) is 3.62. The van der Waals surface area contributed by atoms with E-state index in [9.17, 15) is 9.59 Å². The van der Waals surface area contributed by atoms with Crippen LogP contribution < -0.4 is 5.32 Å². The number of carbonyl (C=O) groups is 2. The maximum absolute atomic E-state index is 12.9. The molecule has 5 heteroatoms. The van der Waals surface area contributed by atoms with Gasteiger partial charge in [0.1, 0.15) is 6.04 Å². The molecule has 0 spiro atoms. The van der Waals surface area contributed by atoms with Gasteiger partial charge in [0.2, 0.25) is 0 Å². The average Bonchev–Trinajstić information content (AvgIpc) is 3.02. The zero-order valence-electron chi connectivity index (χ0n) is 16.1. The highest BCUT2D eigenvalue weighted by atomic mass is 16.5. The van der Waals surface area contributed by atoms with Gasteiger partial charge in [-0.25, -0.2) is 4.79 Å². The second-order valence-electron chi connectivity index (χ2n) is 6.89. The van der Waals surface area contributed by atoms with Crippen molar-refractivity contribution < 1.29 is 14.3 Å². The number of aromatic nitrogens is 1. The van der Waals surface area contributed by atoms with Crippen LogP contribution in [0.1, 0.15) is 32.6 Å². The normalized spacial score (nSPS) is 12.0. The van der Waals surface area contributed by atoms with Crippen LogP contribution in [0, 0.1) is 20.8 Å². The number of benzene rings is 2. The van der Waals surface area contributed by atoms with Crippen LogP contribution in [-0.2, 0) is 16.0 Å². The lowest BCUT2D eigenvalue weighted by atomic mass is 9.98. The van der Waals surface area contributed by atoms with Gasteiger partial charge in [-0.3, -0.25) is 4.79 Å². The second kappa shape index (κ2) is 7.66. The summed E-state index contributed by atoms with van der Waals surface area (Å²) in [6.45, 7) is 5.80. The molecule has 5 nitrogen and oxygen atoms in total. The Balaban J connectivity index is 1.88.